The zero-order valence-electron chi connectivity index (χ0n) is 19.3. The van der Waals surface area contributed by atoms with E-state index in [0.29, 0.717) is 35.1 Å². The minimum Gasteiger partial charge on any atom is -0.508 e. The minimum atomic E-state index is -0.644. The third-order valence-electron chi connectivity index (χ3n) is 6.38. The summed E-state index contributed by atoms with van der Waals surface area (Å²) < 4.78 is 11.3. The molecule has 5 rings (SSSR count). The van der Waals surface area contributed by atoms with Crippen molar-refractivity contribution in [1.29, 1.82) is 0 Å². The van der Waals surface area contributed by atoms with Gasteiger partial charge in [0, 0.05) is 6.54 Å². The number of rotatable bonds is 5. The Morgan fingerprint density at radius 1 is 1.03 bits per heavy atom. The van der Waals surface area contributed by atoms with Gasteiger partial charge >= 0.3 is 0 Å². The van der Waals surface area contributed by atoms with Gasteiger partial charge in [-0.2, -0.15) is 0 Å². The van der Waals surface area contributed by atoms with Gasteiger partial charge in [0.1, 0.15) is 17.1 Å². The Bertz CT molecular complexity index is 1470. The van der Waals surface area contributed by atoms with Gasteiger partial charge in [-0.25, -0.2) is 0 Å². The topological polar surface area (TPSA) is 80.0 Å². The van der Waals surface area contributed by atoms with Crippen LogP contribution in [0.5, 0.6) is 11.5 Å². The second-order valence-corrected chi connectivity index (χ2v) is 8.73. The second kappa shape index (κ2) is 8.37. The molecule has 6 nitrogen and oxygen atoms in total. The molecule has 1 atom stereocenters. The average Bonchev–Trinajstić information content (AvgIpc) is 3.10. The molecule has 0 radical (unpaired) electrons. The Labute approximate surface area is 197 Å². The van der Waals surface area contributed by atoms with Crippen LogP contribution in [0.1, 0.15) is 44.4 Å². The number of aryl methyl sites for hydroxylation is 2. The van der Waals surface area contributed by atoms with Crippen molar-refractivity contribution in [2.45, 2.75) is 26.3 Å². The molecule has 34 heavy (non-hydrogen) atoms. The van der Waals surface area contributed by atoms with Gasteiger partial charge in [-0.3, -0.25) is 9.59 Å². The molecule has 0 unspecified atom stereocenters. The summed E-state index contributed by atoms with van der Waals surface area (Å²) in [5.74, 6) is 0.590. The van der Waals surface area contributed by atoms with Crippen LogP contribution in [0.4, 0.5) is 0 Å². The Morgan fingerprint density at radius 3 is 2.50 bits per heavy atom. The van der Waals surface area contributed by atoms with E-state index in [1.54, 1.807) is 36.3 Å². The molecule has 1 amide bonds. The van der Waals surface area contributed by atoms with Crippen molar-refractivity contribution in [3.05, 3.63) is 104 Å². The zero-order chi connectivity index (χ0) is 24.0. The number of nitrogens with zero attached hydrogens (tertiary/aromatic N) is 1. The van der Waals surface area contributed by atoms with E-state index >= 15 is 0 Å². The van der Waals surface area contributed by atoms with E-state index in [2.05, 4.69) is 0 Å². The predicted molar refractivity (Wildman–Crippen MR) is 130 cm³/mol. The molecule has 0 saturated carbocycles. The van der Waals surface area contributed by atoms with Crippen molar-refractivity contribution in [3.8, 4) is 11.5 Å². The standard InChI is InChI=1S/C28H25NO5/c1-16-13-17(2)26-22(14-16)25(31)23-24(19-5-4-6-20(30)15-19)29(28(32)27(23)34-26)12-11-18-7-9-21(33-3)10-8-18/h4-10,13-15,24,30H,11-12H2,1-3H3/t24-/m1/s1. The molecule has 0 fully saturated rings. The Balaban J connectivity index is 1.63. The van der Waals surface area contributed by atoms with Crippen LogP contribution < -0.4 is 10.2 Å². The first-order chi connectivity index (χ1) is 16.4. The van der Waals surface area contributed by atoms with Crippen molar-refractivity contribution in [3.63, 3.8) is 0 Å². The highest BCUT2D eigenvalue weighted by atomic mass is 16.5. The molecule has 0 saturated heterocycles. The predicted octanol–water partition coefficient (Wildman–Crippen LogP) is 4.91. The van der Waals surface area contributed by atoms with Crippen LogP contribution in [0.2, 0.25) is 0 Å². The zero-order valence-corrected chi connectivity index (χ0v) is 19.3. The summed E-state index contributed by atoms with van der Waals surface area (Å²) >= 11 is 0. The summed E-state index contributed by atoms with van der Waals surface area (Å²) in [5, 5.41) is 10.6. The molecule has 0 spiro atoms. The molecule has 0 bridgehead atoms. The summed E-state index contributed by atoms with van der Waals surface area (Å²) in [6, 6.07) is 17.5. The molecule has 1 aliphatic rings. The highest BCUT2D eigenvalue weighted by Crippen LogP contribution is 2.39. The lowest BCUT2D eigenvalue weighted by atomic mass is 9.97. The van der Waals surface area contributed by atoms with Crippen LogP contribution >= 0.6 is 0 Å². The lowest BCUT2D eigenvalue weighted by Crippen LogP contribution is -2.31. The summed E-state index contributed by atoms with van der Waals surface area (Å²) in [4.78, 5) is 28.9. The smallest absolute Gasteiger partial charge is 0.290 e. The van der Waals surface area contributed by atoms with Crippen LogP contribution in [0.3, 0.4) is 0 Å². The minimum absolute atomic E-state index is 0.0744. The first-order valence-corrected chi connectivity index (χ1v) is 11.2. The van der Waals surface area contributed by atoms with E-state index in [1.807, 2.05) is 50.2 Å². The maximum absolute atomic E-state index is 13.7. The molecule has 4 aromatic rings. The van der Waals surface area contributed by atoms with Crippen LogP contribution in [0.25, 0.3) is 11.0 Å². The lowest BCUT2D eigenvalue weighted by molar-refractivity contribution is 0.0730. The van der Waals surface area contributed by atoms with E-state index < -0.39 is 6.04 Å². The molecule has 6 heteroatoms. The number of aromatic hydroxyl groups is 1. The molecule has 0 aliphatic carbocycles. The van der Waals surface area contributed by atoms with Crippen LogP contribution in [-0.4, -0.2) is 29.6 Å². The first kappa shape index (κ1) is 21.8. The quantitative estimate of drug-likeness (QED) is 0.462. The molecule has 1 aliphatic heterocycles. The number of methoxy groups -OCH3 is 1. The van der Waals surface area contributed by atoms with E-state index in [-0.39, 0.29) is 22.8 Å². The SMILES string of the molecule is COc1ccc(CCN2C(=O)c3oc4c(C)cc(C)cc4c(=O)c3[C@H]2c2cccc(O)c2)cc1. The Kier molecular flexibility index (Phi) is 5.36. The monoisotopic (exact) mass is 455 g/mol. The molecule has 2 heterocycles. The van der Waals surface area contributed by atoms with E-state index in [1.165, 1.54) is 0 Å². The number of phenols is 1. The van der Waals surface area contributed by atoms with Crippen molar-refractivity contribution in [2.24, 2.45) is 0 Å². The van der Waals surface area contributed by atoms with E-state index in [9.17, 15) is 14.7 Å². The van der Waals surface area contributed by atoms with Gasteiger partial charge in [-0.15, -0.1) is 0 Å². The van der Waals surface area contributed by atoms with Crippen molar-refractivity contribution in [2.75, 3.05) is 13.7 Å². The molecule has 1 N–H and O–H groups in total. The van der Waals surface area contributed by atoms with Gasteiger partial charge in [-0.1, -0.05) is 30.3 Å². The number of amides is 1. The average molecular weight is 456 g/mol. The lowest BCUT2D eigenvalue weighted by Gasteiger charge is -2.25. The highest BCUT2D eigenvalue weighted by Gasteiger charge is 2.42. The van der Waals surface area contributed by atoms with Crippen molar-refractivity contribution >= 4 is 16.9 Å². The molecule has 1 aromatic heterocycles. The number of ether oxygens (including phenoxy) is 1. The van der Waals surface area contributed by atoms with Gasteiger partial charge in [0.15, 0.2) is 5.43 Å². The summed E-state index contributed by atoms with van der Waals surface area (Å²) in [5.41, 5.74) is 4.02. The third-order valence-corrected chi connectivity index (χ3v) is 6.38. The summed E-state index contributed by atoms with van der Waals surface area (Å²) in [7, 11) is 1.62. The van der Waals surface area contributed by atoms with Gasteiger partial charge in [0.05, 0.1) is 24.1 Å². The van der Waals surface area contributed by atoms with Crippen LogP contribution in [0, 0.1) is 13.8 Å². The first-order valence-electron chi connectivity index (χ1n) is 11.2. The third kappa shape index (κ3) is 3.61. The Hall–Kier alpha value is -4.06. The van der Waals surface area contributed by atoms with Gasteiger partial charge in [0.2, 0.25) is 5.76 Å². The van der Waals surface area contributed by atoms with Crippen molar-refractivity contribution < 1.29 is 19.1 Å². The molecule has 172 valence electrons. The van der Waals surface area contributed by atoms with Gasteiger partial charge in [0.25, 0.3) is 5.91 Å². The maximum Gasteiger partial charge on any atom is 0.290 e. The van der Waals surface area contributed by atoms with Crippen LogP contribution in [0.15, 0.2) is 69.9 Å². The van der Waals surface area contributed by atoms with E-state index in [4.69, 9.17) is 9.15 Å². The van der Waals surface area contributed by atoms with Gasteiger partial charge in [-0.05, 0) is 72.9 Å². The highest BCUT2D eigenvalue weighted by molar-refractivity contribution is 5.99. The number of fused-ring (bicyclic) bond motifs is 2. The number of carbonyl (C=O) groups is 1. The fourth-order valence-corrected chi connectivity index (χ4v) is 4.79. The number of hydrogen-bond acceptors (Lipinski definition) is 5. The van der Waals surface area contributed by atoms with Crippen LogP contribution in [-0.2, 0) is 6.42 Å². The number of phenolic OH excluding ortho intramolecular Hbond substituents is 1. The summed E-state index contributed by atoms with van der Waals surface area (Å²) in [6.45, 7) is 4.18. The normalized spacial score (nSPS) is 15.1. The molecular weight excluding hydrogens is 430 g/mol. The number of hydrogen-bond donors (Lipinski definition) is 1. The number of benzene rings is 3. The summed E-state index contributed by atoms with van der Waals surface area (Å²) in [6.07, 6.45) is 0.588. The fraction of sp³-hybridized carbons (Fsp3) is 0.214. The fourth-order valence-electron chi connectivity index (χ4n) is 4.79. The molecule has 3 aromatic carbocycles. The van der Waals surface area contributed by atoms with Crippen molar-refractivity contribution in [1.82, 2.24) is 4.90 Å². The largest absolute Gasteiger partial charge is 0.508 e. The van der Waals surface area contributed by atoms with Gasteiger partial charge < -0.3 is 19.2 Å². The Morgan fingerprint density at radius 2 is 1.79 bits per heavy atom. The molecular formula is C28H25NO5. The van der Waals surface area contributed by atoms with E-state index in [0.717, 1.165) is 22.4 Å². The number of carbonyl (C=O) groups excluding carboxylic acids is 1. The maximum atomic E-state index is 13.7. The second-order valence-electron chi connectivity index (χ2n) is 8.73.